The lowest BCUT2D eigenvalue weighted by Gasteiger charge is -2.25. The molecule has 0 bridgehead atoms. The number of aromatic amines is 1. The minimum Gasteiger partial charge on any atom is -0.495 e. The van der Waals surface area contributed by atoms with Crippen LogP contribution < -0.4 is 15.2 Å². The molecule has 38 heavy (non-hydrogen) atoms. The normalized spacial score (nSPS) is 13.6. The Morgan fingerprint density at radius 3 is 2.58 bits per heavy atom. The lowest BCUT2D eigenvalue weighted by atomic mass is 9.86. The van der Waals surface area contributed by atoms with Crippen LogP contribution in [-0.4, -0.2) is 35.5 Å². The van der Waals surface area contributed by atoms with E-state index in [9.17, 15) is 22.0 Å². The van der Waals surface area contributed by atoms with Crippen molar-refractivity contribution in [2.75, 3.05) is 7.11 Å². The van der Waals surface area contributed by atoms with Gasteiger partial charge < -0.3 is 9.15 Å². The van der Waals surface area contributed by atoms with E-state index in [1.807, 2.05) is 0 Å². The highest BCUT2D eigenvalue weighted by molar-refractivity contribution is 7.89. The van der Waals surface area contributed by atoms with Gasteiger partial charge in [-0.15, -0.1) is 5.10 Å². The number of alkyl halides is 2. The lowest BCUT2D eigenvalue weighted by molar-refractivity contribution is 0.0566. The van der Waals surface area contributed by atoms with Gasteiger partial charge in [-0.25, -0.2) is 27.4 Å². The van der Waals surface area contributed by atoms with Gasteiger partial charge in [-0.2, -0.15) is 18.6 Å². The molecule has 10 nitrogen and oxygen atoms in total. The van der Waals surface area contributed by atoms with Gasteiger partial charge in [0.15, 0.2) is 0 Å². The number of benzene rings is 2. The van der Waals surface area contributed by atoms with E-state index < -0.39 is 40.1 Å². The second-order valence-electron chi connectivity index (χ2n) is 8.25. The standard InChI is InChI=1S/C23H21ClF3N5O5S/c1-11-15(13-9-28-32(10-13)22(26)27)5-6-16(25)19(11)12(2)20(21-29-30-23(33)37-21)31-38(34,35)18-7-4-14(24)8-17(18)36-3/h4-10,12,20,22,31H,1-3H3,(H,30,33)/t12-,20+/m1/s1. The lowest BCUT2D eigenvalue weighted by Crippen LogP contribution is -2.33. The Balaban J connectivity index is 1.81. The molecule has 0 aliphatic carbocycles. The van der Waals surface area contributed by atoms with E-state index in [1.54, 1.807) is 6.92 Å². The molecule has 2 heterocycles. The largest absolute Gasteiger partial charge is 0.495 e. The molecule has 0 radical (unpaired) electrons. The van der Waals surface area contributed by atoms with Gasteiger partial charge >= 0.3 is 12.3 Å². The summed E-state index contributed by atoms with van der Waals surface area (Å²) in [6, 6.07) is 5.02. The van der Waals surface area contributed by atoms with E-state index >= 15 is 4.39 Å². The van der Waals surface area contributed by atoms with Crippen molar-refractivity contribution in [2.45, 2.75) is 37.3 Å². The topological polar surface area (TPSA) is 132 Å². The number of aromatic nitrogens is 4. The summed E-state index contributed by atoms with van der Waals surface area (Å²) in [5.74, 6) is -3.08. The van der Waals surface area contributed by atoms with Crippen LogP contribution in [0.25, 0.3) is 11.1 Å². The maximum atomic E-state index is 15.3. The SMILES string of the molecule is COc1cc(Cl)ccc1S(=O)(=O)N[C@H](c1n[nH]c(=O)o1)[C@H](C)c1c(F)ccc(-c2cnn(C(F)F)c2)c1C. The van der Waals surface area contributed by atoms with Crippen LogP contribution in [0.1, 0.15) is 42.5 Å². The van der Waals surface area contributed by atoms with Gasteiger partial charge in [0.25, 0.3) is 0 Å². The summed E-state index contributed by atoms with van der Waals surface area (Å²) in [4.78, 5) is 11.4. The van der Waals surface area contributed by atoms with Crippen LogP contribution in [0.5, 0.6) is 5.75 Å². The third-order valence-electron chi connectivity index (χ3n) is 5.95. The first-order valence-electron chi connectivity index (χ1n) is 11.0. The Kier molecular flexibility index (Phi) is 7.67. The van der Waals surface area contributed by atoms with E-state index in [0.29, 0.717) is 21.4 Å². The molecule has 0 unspecified atom stereocenters. The van der Waals surface area contributed by atoms with Gasteiger partial charge in [-0.3, -0.25) is 0 Å². The van der Waals surface area contributed by atoms with Crippen LogP contribution in [0.4, 0.5) is 13.2 Å². The second kappa shape index (κ2) is 10.6. The van der Waals surface area contributed by atoms with Crippen LogP contribution in [-0.2, 0) is 10.0 Å². The van der Waals surface area contributed by atoms with Crippen molar-refractivity contribution in [3.05, 3.63) is 81.1 Å². The van der Waals surface area contributed by atoms with Crippen LogP contribution in [0, 0.1) is 12.7 Å². The molecule has 0 aliphatic rings. The van der Waals surface area contributed by atoms with Crippen LogP contribution in [0.3, 0.4) is 0 Å². The van der Waals surface area contributed by atoms with Gasteiger partial charge in [0, 0.05) is 28.8 Å². The molecule has 0 amide bonds. The molecule has 0 spiro atoms. The van der Waals surface area contributed by atoms with E-state index in [-0.39, 0.29) is 27.1 Å². The third kappa shape index (κ3) is 5.33. The first-order chi connectivity index (χ1) is 17.9. The van der Waals surface area contributed by atoms with E-state index in [1.165, 1.54) is 44.5 Å². The zero-order valence-electron chi connectivity index (χ0n) is 20.1. The number of H-pyrrole nitrogens is 1. The Morgan fingerprint density at radius 2 is 1.97 bits per heavy atom. The van der Waals surface area contributed by atoms with Crippen molar-refractivity contribution in [3.63, 3.8) is 0 Å². The molecular formula is C23H21ClF3N5O5S. The van der Waals surface area contributed by atoms with Gasteiger partial charge in [0.05, 0.1) is 13.3 Å². The third-order valence-corrected chi connectivity index (χ3v) is 7.66. The maximum Gasteiger partial charge on any atom is 0.434 e. The molecule has 0 fully saturated rings. The summed E-state index contributed by atoms with van der Waals surface area (Å²) >= 11 is 5.95. The molecule has 0 aliphatic heterocycles. The van der Waals surface area contributed by atoms with Gasteiger partial charge in [-0.05, 0) is 41.8 Å². The summed E-state index contributed by atoms with van der Waals surface area (Å²) < 4.78 is 81.2. The van der Waals surface area contributed by atoms with Gasteiger partial charge in [0.1, 0.15) is 22.5 Å². The highest BCUT2D eigenvalue weighted by atomic mass is 35.5. The van der Waals surface area contributed by atoms with Gasteiger partial charge in [0.2, 0.25) is 15.9 Å². The average molecular weight is 572 g/mol. The molecule has 202 valence electrons. The Morgan fingerprint density at radius 1 is 1.24 bits per heavy atom. The van der Waals surface area contributed by atoms with Crippen LogP contribution in [0.2, 0.25) is 5.02 Å². The van der Waals surface area contributed by atoms with E-state index in [4.69, 9.17) is 20.8 Å². The quantitative estimate of drug-likeness (QED) is 0.301. The minimum atomic E-state index is -4.37. The number of nitrogens with zero attached hydrogens (tertiary/aromatic N) is 3. The molecule has 4 rings (SSSR count). The fraction of sp³-hybridized carbons (Fsp3) is 0.261. The van der Waals surface area contributed by atoms with Crippen LogP contribution in [0.15, 0.2) is 56.8 Å². The summed E-state index contributed by atoms with van der Waals surface area (Å²) in [6.45, 7) is 0.186. The molecule has 4 aromatic rings. The van der Waals surface area contributed by atoms with Gasteiger partial charge in [-0.1, -0.05) is 24.6 Å². The molecule has 0 saturated heterocycles. The molecular weight excluding hydrogens is 551 g/mol. The molecule has 2 aromatic heterocycles. The highest BCUT2D eigenvalue weighted by Crippen LogP contribution is 2.38. The molecule has 2 atom stereocenters. The van der Waals surface area contributed by atoms with Crippen molar-refractivity contribution >= 4 is 21.6 Å². The number of hydrogen-bond acceptors (Lipinski definition) is 7. The first-order valence-corrected chi connectivity index (χ1v) is 12.8. The smallest absolute Gasteiger partial charge is 0.434 e. The zero-order valence-corrected chi connectivity index (χ0v) is 21.6. The monoisotopic (exact) mass is 571 g/mol. The first kappa shape index (κ1) is 27.4. The fourth-order valence-electron chi connectivity index (χ4n) is 4.15. The second-order valence-corrected chi connectivity index (χ2v) is 10.4. The summed E-state index contributed by atoms with van der Waals surface area (Å²) in [7, 11) is -3.11. The number of ether oxygens (including phenoxy) is 1. The number of nitrogens with one attached hydrogen (secondary N) is 2. The molecule has 0 saturated carbocycles. The summed E-state index contributed by atoms with van der Waals surface area (Å²) in [5.41, 5.74) is 1.06. The minimum absolute atomic E-state index is 0.0358. The molecule has 2 aromatic carbocycles. The highest BCUT2D eigenvalue weighted by Gasteiger charge is 2.35. The number of rotatable bonds is 9. The Labute approximate surface area is 219 Å². The van der Waals surface area contributed by atoms with Crippen molar-refractivity contribution in [1.82, 2.24) is 24.7 Å². The average Bonchev–Trinajstić information content (AvgIpc) is 3.52. The summed E-state index contributed by atoms with van der Waals surface area (Å²) in [6.07, 6.45) is 2.32. The number of methoxy groups -OCH3 is 1. The maximum absolute atomic E-state index is 15.3. The predicted octanol–water partition coefficient (Wildman–Crippen LogP) is 4.55. The Hall–Kier alpha value is -3.62. The fourth-order valence-corrected chi connectivity index (χ4v) is 5.74. The molecule has 2 N–H and O–H groups in total. The van der Waals surface area contributed by atoms with E-state index in [0.717, 1.165) is 12.3 Å². The number of hydrogen-bond donors (Lipinski definition) is 2. The predicted molar refractivity (Wildman–Crippen MR) is 130 cm³/mol. The summed E-state index contributed by atoms with van der Waals surface area (Å²) in [5, 5.41) is 9.67. The Bertz CT molecular complexity index is 1640. The van der Waals surface area contributed by atoms with Crippen molar-refractivity contribution < 1.29 is 30.7 Å². The van der Waals surface area contributed by atoms with Crippen molar-refractivity contribution in [3.8, 4) is 16.9 Å². The van der Waals surface area contributed by atoms with Crippen molar-refractivity contribution in [2.24, 2.45) is 0 Å². The van der Waals surface area contributed by atoms with Crippen molar-refractivity contribution in [1.29, 1.82) is 0 Å². The zero-order chi connectivity index (χ0) is 27.8. The number of halogens is 4. The molecule has 15 heteroatoms. The van der Waals surface area contributed by atoms with Crippen LogP contribution >= 0.6 is 11.6 Å². The van der Waals surface area contributed by atoms with E-state index in [2.05, 4.69) is 20.0 Å². The number of sulfonamides is 1.